The predicted molar refractivity (Wildman–Crippen MR) is 83.0 cm³/mol. The van der Waals surface area contributed by atoms with E-state index in [0.717, 1.165) is 16.3 Å². The minimum absolute atomic E-state index is 0.128. The van der Waals surface area contributed by atoms with Gasteiger partial charge in [-0.05, 0) is 31.5 Å². The molecule has 0 unspecified atom stereocenters. The first-order chi connectivity index (χ1) is 9.61. The summed E-state index contributed by atoms with van der Waals surface area (Å²) in [5.41, 5.74) is 8.48. The number of nitrogens with one attached hydrogen (secondary N) is 2. The fourth-order valence-electron chi connectivity index (χ4n) is 1.78. The SMILES string of the molecule is CCNC(=O)c1sc(NCc2ncccc2C)cc1N. The number of anilines is 2. The third-order valence-electron chi connectivity index (χ3n) is 2.85. The van der Waals surface area contributed by atoms with Gasteiger partial charge in [-0.1, -0.05) is 6.07 Å². The summed E-state index contributed by atoms with van der Waals surface area (Å²) in [6, 6.07) is 5.72. The quantitative estimate of drug-likeness (QED) is 0.790. The van der Waals surface area contributed by atoms with Crippen LogP contribution in [0.4, 0.5) is 10.7 Å². The van der Waals surface area contributed by atoms with E-state index in [1.165, 1.54) is 11.3 Å². The Bertz CT molecular complexity index is 609. The topological polar surface area (TPSA) is 80.0 Å². The number of carbonyl (C=O) groups is 1. The van der Waals surface area contributed by atoms with Crippen molar-refractivity contribution in [1.29, 1.82) is 0 Å². The third kappa shape index (κ3) is 3.27. The van der Waals surface area contributed by atoms with Gasteiger partial charge in [0, 0.05) is 12.7 Å². The Morgan fingerprint density at radius 2 is 2.30 bits per heavy atom. The molecular formula is C14H18N4OS. The van der Waals surface area contributed by atoms with E-state index in [2.05, 4.69) is 15.6 Å². The number of carbonyl (C=O) groups excluding carboxylic acids is 1. The van der Waals surface area contributed by atoms with Crippen molar-refractivity contribution in [2.45, 2.75) is 20.4 Å². The molecule has 2 aromatic heterocycles. The van der Waals surface area contributed by atoms with Gasteiger partial charge in [0.25, 0.3) is 5.91 Å². The van der Waals surface area contributed by atoms with Crippen LogP contribution in [0.5, 0.6) is 0 Å². The fraction of sp³-hybridized carbons (Fsp3) is 0.286. The Kier molecular flexibility index (Phi) is 4.57. The van der Waals surface area contributed by atoms with Gasteiger partial charge >= 0.3 is 0 Å². The van der Waals surface area contributed by atoms with Gasteiger partial charge in [0.05, 0.1) is 22.9 Å². The molecule has 0 atom stereocenters. The van der Waals surface area contributed by atoms with Crippen LogP contribution < -0.4 is 16.4 Å². The molecule has 1 amide bonds. The highest BCUT2D eigenvalue weighted by molar-refractivity contribution is 7.18. The van der Waals surface area contributed by atoms with Crippen LogP contribution in [-0.2, 0) is 6.54 Å². The Balaban J connectivity index is 2.06. The van der Waals surface area contributed by atoms with E-state index in [-0.39, 0.29) is 5.91 Å². The molecule has 5 nitrogen and oxygen atoms in total. The van der Waals surface area contributed by atoms with Gasteiger partial charge in [0.15, 0.2) is 0 Å². The third-order valence-corrected chi connectivity index (χ3v) is 3.96. The van der Waals surface area contributed by atoms with Crippen molar-refractivity contribution in [1.82, 2.24) is 10.3 Å². The highest BCUT2D eigenvalue weighted by atomic mass is 32.1. The first kappa shape index (κ1) is 14.3. The average molecular weight is 290 g/mol. The molecule has 0 bridgehead atoms. The molecule has 0 saturated carbocycles. The Morgan fingerprint density at radius 3 is 3.00 bits per heavy atom. The molecule has 0 spiro atoms. The van der Waals surface area contributed by atoms with E-state index in [9.17, 15) is 4.79 Å². The molecular weight excluding hydrogens is 272 g/mol. The number of hydrogen-bond donors (Lipinski definition) is 3. The number of aromatic nitrogens is 1. The minimum Gasteiger partial charge on any atom is -0.397 e. The first-order valence-electron chi connectivity index (χ1n) is 6.43. The van der Waals surface area contributed by atoms with Crippen LogP contribution in [0.15, 0.2) is 24.4 Å². The summed E-state index contributed by atoms with van der Waals surface area (Å²) < 4.78 is 0. The van der Waals surface area contributed by atoms with Crippen molar-refractivity contribution in [3.63, 3.8) is 0 Å². The molecule has 0 aliphatic rings. The van der Waals surface area contributed by atoms with Crippen LogP contribution >= 0.6 is 11.3 Å². The number of aryl methyl sites for hydroxylation is 1. The average Bonchev–Trinajstić information content (AvgIpc) is 2.79. The minimum atomic E-state index is -0.128. The number of hydrogen-bond acceptors (Lipinski definition) is 5. The number of amides is 1. The molecule has 2 rings (SSSR count). The maximum Gasteiger partial charge on any atom is 0.263 e. The Morgan fingerprint density at radius 1 is 1.50 bits per heavy atom. The van der Waals surface area contributed by atoms with E-state index in [0.29, 0.717) is 23.7 Å². The lowest BCUT2D eigenvalue weighted by Gasteiger charge is -2.05. The first-order valence-corrected chi connectivity index (χ1v) is 7.25. The summed E-state index contributed by atoms with van der Waals surface area (Å²) >= 11 is 1.36. The van der Waals surface area contributed by atoms with Crippen LogP contribution in [0.25, 0.3) is 0 Å². The molecule has 0 saturated heterocycles. The summed E-state index contributed by atoms with van der Waals surface area (Å²) in [6.07, 6.45) is 1.77. The molecule has 0 aliphatic carbocycles. The summed E-state index contributed by atoms with van der Waals surface area (Å²) in [7, 11) is 0. The van der Waals surface area contributed by atoms with Gasteiger partial charge in [-0.3, -0.25) is 9.78 Å². The second-order valence-electron chi connectivity index (χ2n) is 4.38. The van der Waals surface area contributed by atoms with E-state index in [1.54, 1.807) is 12.3 Å². The normalized spacial score (nSPS) is 10.3. The number of nitrogen functional groups attached to an aromatic ring is 1. The molecule has 20 heavy (non-hydrogen) atoms. The fourth-order valence-corrected chi connectivity index (χ4v) is 2.68. The summed E-state index contributed by atoms with van der Waals surface area (Å²) in [5.74, 6) is -0.128. The van der Waals surface area contributed by atoms with Gasteiger partial charge in [-0.25, -0.2) is 0 Å². The maximum atomic E-state index is 11.8. The monoisotopic (exact) mass is 290 g/mol. The lowest BCUT2D eigenvalue weighted by atomic mass is 10.2. The summed E-state index contributed by atoms with van der Waals surface area (Å²) in [4.78, 5) is 16.7. The van der Waals surface area contributed by atoms with Gasteiger partial charge in [-0.15, -0.1) is 11.3 Å². The summed E-state index contributed by atoms with van der Waals surface area (Å²) in [5, 5.41) is 6.88. The van der Waals surface area contributed by atoms with E-state index < -0.39 is 0 Å². The highest BCUT2D eigenvalue weighted by Gasteiger charge is 2.13. The number of rotatable bonds is 5. The van der Waals surface area contributed by atoms with Crippen molar-refractivity contribution in [2.75, 3.05) is 17.6 Å². The van der Waals surface area contributed by atoms with E-state index in [4.69, 9.17) is 5.73 Å². The number of thiophene rings is 1. The zero-order chi connectivity index (χ0) is 14.5. The largest absolute Gasteiger partial charge is 0.397 e. The zero-order valence-electron chi connectivity index (χ0n) is 11.6. The van der Waals surface area contributed by atoms with Gasteiger partial charge in [0.1, 0.15) is 4.88 Å². The van der Waals surface area contributed by atoms with E-state index >= 15 is 0 Å². The lowest BCUT2D eigenvalue weighted by molar-refractivity contribution is 0.0960. The molecule has 106 valence electrons. The second kappa shape index (κ2) is 6.38. The van der Waals surface area contributed by atoms with Crippen LogP contribution in [0.2, 0.25) is 0 Å². The van der Waals surface area contributed by atoms with Crippen molar-refractivity contribution in [3.05, 3.63) is 40.5 Å². The van der Waals surface area contributed by atoms with Crippen LogP contribution in [-0.4, -0.2) is 17.4 Å². The Labute approximate surface area is 122 Å². The molecule has 4 N–H and O–H groups in total. The van der Waals surface area contributed by atoms with Gasteiger partial charge in [-0.2, -0.15) is 0 Å². The molecule has 0 radical (unpaired) electrons. The van der Waals surface area contributed by atoms with Gasteiger partial charge in [0.2, 0.25) is 0 Å². The lowest BCUT2D eigenvalue weighted by Crippen LogP contribution is -2.22. The van der Waals surface area contributed by atoms with E-state index in [1.807, 2.05) is 26.0 Å². The van der Waals surface area contributed by atoms with Crippen molar-refractivity contribution >= 4 is 27.9 Å². The molecule has 0 aromatic carbocycles. The predicted octanol–water partition coefficient (Wildman–Crippen LogP) is 2.40. The van der Waals surface area contributed by atoms with Crippen molar-refractivity contribution in [3.8, 4) is 0 Å². The molecule has 6 heteroatoms. The molecule has 2 aromatic rings. The smallest absolute Gasteiger partial charge is 0.263 e. The van der Waals surface area contributed by atoms with Crippen LogP contribution in [0, 0.1) is 6.92 Å². The molecule has 2 heterocycles. The van der Waals surface area contributed by atoms with Crippen molar-refractivity contribution in [2.24, 2.45) is 0 Å². The number of nitrogens with zero attached hydrogens (tertiary/aromatic N) is 1. The molecule has 0 aliphatic heterocycles. The van der Waals surface area contributed by atoms with Crippen molar-refractivity contribution < 1.29 is 4.79 Å². The molecule has 0 fully saturated rings. The Hall–Kier alpha value is -2.08. The van der Waals surface area contributed by atoms with Crippen LogP contribution in [0.1, 0.15) is 27.9 Å². The number of nitrogens with two attached hydrogens (primary N) is 1. The highest BCUT2D eigenvalue weighted by Crippen LogP contribution is 2.29. The van der Waals surface area contributed by atoms with Crippen LogP contribution in [0.3, 0.4) is 0 Å². The number of pyridine rings is 1. The van der Waals surface area contributed by atoms with Gasteiger partial charge < -0.3 is 16.4 Å². The second-order valence-corrected chi connectivity index (χ2v) is 5.43. The zero-order valence-corrected chi connectivity index (χ0v) is 12.4. The maximum absolute atomic E-state index is 11.8. The standard InChI is InChI=1S/C14H18N4OS/c1-3-16-14(19)13-10(15)7-12(20-13)18-8-11-9(2)5-4-6-17-11/h4-7,18H,3,8,15H2,1-2H3,(H,16,19). The summed E-state index contributed by atoms with van der Waals surface area (Å²) in [6.45, 7) is 5.10.